The lowest BCUT2D eigenvalue weighted by molar-refractivity contribution is -0.138. The topological polar surface area (TPSA) is 54.4 Å². The first kappa shape index (κ1) is 19.4. The molecule has 0 bridgehead atoms. The summed E-state index contributed by atoms with van der Waals surface area (Å²) in [7, 11) is -1.15. The van der Waals surface area contributed by atoms with Crippen LogP contribution in [0.1, 0.15) is 12.5 Å². The molecular weight excluding hydrogens is 414 g/mol. The lowest BCUT2D eigenvalue weighted by Crippen LogP contribution is -2.57. The van der Waals surface area contributed by atoms with Crippen LogP contribution in [0.5, 0.6) is 5.75 Å². The van der Waals surface area contributed by atoms with Gasteiger partial charge in [-0.25, -0.2) is 5.01 Å². The average Bonchev–Trinajstić information content (AvgIpc) is 2.55. The number of hydrogen-bond acceptors (Lipinski definition) is 5. The second-order valence-corrected chi connectivity index (χ2v) is 14.5. The molecule has 2 heterocycles. The van der Waals surface area contributed by atoms with E-state index in [1.54, 1.807) is 0 Å². The fourth-order valence-electron chi connectivity index (χ4n) is 2.95. The first-order chi connectivity index (χ1) is 12.2. The van der Waals surface area contributed by atoms with Crippen molar-refractivity contribution < 1.29 is 14.3 Å². The van der Waals surface area contributed by atoms with Gasteiger partial charge in [0.05, 0.1) is 5.69 Å². The molecule has 0 saturated carbocycles. The molecule has 0 spiro atoms. The number of anilines is 1. The fraction of sp³-hybridized carbons (Fsp3) is 0.556. The van der Waals surface area contributed by atoms with E-state index in [1.165, 1.54) is 5.01 Å². The van der Waals surface area contributed by atoms with Crippen LogP contribution in [0.3, 0.4) is 0 Å². The van der Waals surface area contributed by atoms with Crippen LogP contribution >= 0.6 is 15.9 Å². The van der Waals surface area contributed by atoms with Crippen molar-refractivity contribution in [3.8, 4) is 5.75 Å². The summed E-state index contributed by atoms with van der Waals surface area (Å²) in [5, 5.41) is 5.92. The van der Waals surface area contributed by atoms with E-state index in [0.717, 1.165) is 33.4 Å². The van der Waals surface area contributed by atoms with Gasteiger partial charge < -0.3 is 14.4 Å². The Kier molecular flexibility index (Phi) is 5.46. The Hall–Kier alpha value is -1.38. The number of fused-ring (bicyclic) bond motifs is 3. The van der Waals surface area contributed by atoms with Crippen LogP contribution < -0.4 is 9.64 Å². The summed E-state index contributed by atoms with van der Waals surface area (Å²) in [5.74, 6) is 1.45. The predicted octanol–water partition coefficient (Wildman–Crippen LogP) is 3.81. The van der Waals surface area contributed by atoms with Gasteiger partial charge in [-0.15, -0.1) is 0 Å². The first-order valence-electron chi connectivity index (χ1n) is 8.86. The normalized spacial score (nSPS) is 19.7. The third kappa shape index (κ3) is 3.97. The van der Waals surface area contributed by atoms with Gasteiger partial charge in [0.2, 0.25) is 0 Å². The zero-order valence-corrected chi connectivity index (χ0v) is 18.6. The Labute approximate surface area is 164 Å². The van der Waals surface area contributed by atoms with Gasteiger partial charge in [0.15, 0.2) is 5.84 Å². The molecule has 2 aliphatic rings. The van der Waals surface area contributed by atoms with E-state index in [-0.39, 0.29) is 18.7 Å². The number of aryl methyl sites for hydroxylation is 1. The average molecular weight is 440 g/mol. The highest BCUT2D eigenvalue weighted by Crippen LogP contribution is 2.39. The van der Waals surface area contributed by atoms with Crippen molar-refractivity contribution in [2.45, 2.75) is 45.6 Å². The van der Waals surface area contributed by atoms with Crippen LogP contribution in [0.2, 0.25) is 25.7 Å². The van der Waals surface area contributed by atoms with Crippen molar-refractivity contribution in [1.82, 2.24) is 5.01 Å². The van der Waals surface area contributed by atoms with E-state index in [4.69, 9.17) is 9.47 Å². The van der Waals surface area contributed by atoms with Crippen LogP contribution in [0.25, 0.3) is 0 Å². The molecule has 1 atom stereocenters. The third-order valence-corrected chi connectivity index (χ3v) is 7.14. The van der Waals surface area contributed by atoms with Gasteiger partial charge in [-0.2, -0.15) is 5.10 Å². The maximum atomic E-state index is 12.8. The lowest BCUT2D eigenvalue weighted by atomic mass is 10.1. The predicted molar refractivity (Wildman–Crippen MR) is 110 cm³/mol. The van der Waals surface area contributed by atoms with Gasteiger partial charge in [-0.1, -0.05) is 35.6 Å². The standard InChI is InChI=1S/C18H26BrN3O3Si/c1-12-8-16-15(9-14(12)19)22-13(2)18(23)21(20-17(22)10-25-16)11-24-6-7-26(3,4)5/h8-9,13H,6-7,10-11H2,1-5H3. The van der Waals surface area contributed by atoms with Crippen molar-refractivity contribution >= 4 is 41.4 Å². The minimum atomic E-state index is -1.15. The molecule has 0 aliphatic carbocycles. The molecule has 0 radical (unpaired) electrons. The maximum absolute atomic E-state index is 12.8. The summed E-state index contributed by atoms with van der Waals surface area (Å²) in [6.07, 6.45) is 0. The SMILES string of the molecule is Cc1cc2c(cc1Br)N1C(=NN(COCC[Si](C)(C)C)C(=O)C1C)CO2. The van der Waals surface area contributed by atoms with Crippen molar-refractivity contribution in [2.75, 3.05) is 24.8 Å². The van der Waals surface area contributed by atoms with E-state index >= 15 is 0 Å². The number of halogens is 1. The van der Waals surface area contributed by atoms with Gasteiger partial charge in [0, 0.05) is 19.2 Å². The summed E-state index contributed by atoms with van der Waals surface area (Å²) in [6, 6.07) is 4.69. The van der Waals surface area contributed by atoms with Crippen molar-refractivity contribution in [2.24, 2.45) is 5.10 Å². The van der Waals surface area contributed by atoms with Gasteiger partial charge in [0.1, 0.15) is 25.1 Å². The summed E-state index contributed by atoms with van der Waals surface area (Å²) in [5.41, 5.74) is 1.96. The number of benzene rings is 1. The number of amides is 1. The van der Waals surface area contributed by atoms with Crippen molar-refractivity contribution in [3.63, 3.8) is 0 Å². The van der Waals surface area contributed by atoms with Gasteiger partial charge in [0.25, 0.3) is 5.91 Å². The van der Waals surface area contributed by atoms with E-state index in [1.807, 2.05) is 30.9 Å². The number of carbonyl (C=O) groups excluding carboxylic acids is 1. The molecule has 6 nitrogen and oxygen atoms in total. The molecule has 8 heteroatoms. The van der Waals surface area contributed by atoms with Crippen LogP contribution in [0.4, 0.5) is 5.69 Å². The zero-order chi connectivity index (χ0) is 19.1. The van der Waals surface area contributed by atoms with Gasteiger partial charge >= 0.3 is 0 Å². The monoisotopic (exact) mass is 439 g/mol. The first-order valence-corrected chi connectivity index (χ1v) is 13.4. The minimum Gasteiger partial charge on any atom is -0.483 e. The minimum absolute atomic E-state index is 0.0636. The Balaban J connectivity index is 1.77. The number of amidine groups is 1. The summed E-state index contributed by atoms with van der Waals surface area (Å²) >= 11 is 3.56. The third-order valence-electron chi connectivity index (χ3n) is 4.58. The molecule has 1 aromatic rings. The molecule has 26 heavy (non-hydrogen) atoms. The van der Waals surface area contributed by atoms with E-state index in [0.29, 0.717) is 13.2 Å². The van der Waals surface area contributed by atoms with Crippen LogP contribution in [0.15, 0.2) is 21.7 Å². The molecule has 1 unspecified atom stereocenters. The Morgan fingerprint density at radius 1 is 1.38 bits per heavy atom. The molecule has 2 aliphatic heterocycles. The molecule has 0 fully saturated rings. The van der Waals surface area contributed by atoms with Gasteiger partial charge in [-0.3, -0.25) is 4.79 Å². The largest absolute Gasteiger partial charge is 0.483 e. The molecular formula is C18H26BrN3O3Si. The number of hydrazone groups is 1. The summed E-state index contributed by atoms with van der Waals surface area (Å²) in [6.45, 7) is 12.0. The van der Waals surface area contributed by atoms with E-state index in [9.17, 15) is 4.79 Å². The molecule has 0 saturated heterocycles. The number of ether oxygens (including phenoxy) is 2. The molecule has 3 rings (SSSR count). The smallest absolute Gasteiger partial charge is 0.267 e. The zero-order valence-electron chi connectivity index (χ0n) is 16.0. The number of hydrogen-bond donors (Lipinski definition) is 0. The quantitative estimate of drug-likeness (QED) is 0.516. The fourth-order valence-corrected chi connectivity index (χ4v) is 4.03. The van der Waals surface area contributed by atoms with Crippen LogP contribution in [-0.2, 0) is 9.53 Å². The second-order valence-electron chi connectivity index (χ2n) is 8.01. The highest BCUT2D eigenvalue weighted by molar-refractivity contribution is 9.10. The Bertz CT molecular complexity index is 748. The molecule has 142 valence electrons. The molecule has 0 N–H and O–H groups in total. The number of carbonyl (C=O) groups is 1. The molecule has 0 aromatic heterocycles. The molecule has 1 aromatic carbocycles. The van der Waals surface area contributed by atoms with Crippen LogP contribution in [-0.4, -0.2) is 50.8 Å². The Morgan fingerprint density at radius 2 is 2.12 bits per heavy atom. The van der Waals surface area contributed by atoms with Crippen molar-refractivity contribution in [1.29, 1.82) is 0 Å². The Morgan fingerprint density at radius 3 is 2.81 bits per heavy atom. The van der Waals surface area contributed by atoms with E-state index < -0.39 is 8.07 Å². The van der Waals surface area contributed by atoms with Gasteiger partial charge in [-0.05, 0) is 37.6 Å². The van der Waals surface area contributed by atoms with Crippen LogP contribution in [0, 0.1) is 6.92 Å². The summed E-state index contributed by atoms with van der Waals surface area (Å²) < 4.78 is 12.6. The van der Waals surface area contributed by atoms with Crippen molar-refractivity contribution in [3.05, 3.63) is 22.2 Å². The number of nitrogens with zero attached hydrogens (tertiary/aromatic N) is 3. The van der Waals surface area contributed by atoms with E-state index in [2.05, 4.69) is 40.7 Å². The summed E-state index contributed by atoms with van der Waals surface area (Å²) in [4.78, 5) is 14.7. The maximum Gasteiger partial charge on any atom is 0.267 e. The lowest BCUT2D eigenvalue weighted by Gasteiger charge is -2.41. The highest BCUT2D eigenvalue weighted by Gasteiger charge is 2.38. The highest BCUT2D eigenvalue weighted by atomic mass is 79.9. The number of rotatable bonds is 5. The molecule has 1 amide bonds. The second kappa shape index (κ2) is 7.32.